The van der Waals surface area contributed by atoms with Crippen LogP contribution in [0.4, 0.5) is 5.69 Å². The Hall–Kier alpha value is -2.45. The number of anilines is 1. The SMILES string of the molecule is COc1cc(OC)cc(N2CCC(NC(=O)c3n[nH]c4c3CNCC4)C2)c1.Cl. The zero-order chi connectivity index (χ0) is 18.8. The summed E-state index contributed by atoms with van der Waals surface area (Å²) in [6, 6.07) is 5.91. The first-order valence-corrected chi connectivity index (χ1v) is 9.23. The van der Waals surface area contributed by atoms with Gasteiger partial charge in [-0.25, -0.2) is 0 Å². The van der Waals surface area contributed by atoms with E-state index in [1.54, 1.807) is 14.2 Å². The number of H-pyrrole nitrogens is 1. The Morgan fingerprint density at radius 1 is 1.25 bits per heavy atom. The normalized spacial score (nSPS) is 18.2. The maximum Gasteiger partial charge on any atom is 0.272 e. The summed E-state index contributed by atoms with van der Waals surface area (Å²) in [7, 11) is 3.29. The number of nitrogens with zero attached hydrogens (tertiary/aromatic N) is 2. The minimum Gasteiger partial charge on any atom is -0.497 e. The fourth-order valence-corrected chi connectivity index (χ4v) is 3.75. The number of aromatic nitrogens is 2. The van der Waals surface area contributed by atoms with E-state index in [1.165, 1.54) is 0 Å². The number of amides is 1. The first-order chi connectivity index (χ1) is 13.2. The molecule has 8 nitrogen and oxygen atoms in total. The Morgan fingerprint density at radius 3 is 2.71 bits per heavy atom. The average molecular weight is 408 g/mol. The van der Waals surface area contributed by atoms with Gasteiger partial charge in [0.15, 0.2) is 5.69 Å². The van der Waals surface area contributed by atoms with Crippen molar-refractivity contribution in [1.82, 2.24) is 20.8 Å². The molecule has 1 fully saturated rings. The van der Waals surface area contributed by atoms with Gasteiger partial charge in [0.1, 0.15) is 11.5 Å². The lowest BCUT2D eigenvalue weighted by Gasteiger charge is -2.20. The number of ether oxygens (including phenoxy) is 2. The standard InChI is InChI=1S/C19H25N5O3.ClH/c1-26-14-7-13(8-15(9-14)27-2)24-6-4-12(11-24)21-19(25)18-16-10-20-5-3-17(16)22-23-18;/h7-9,12,20H,3-6,10-11H2,1-2H3,(H,21,25)(H,22,23);1H. The molecule has 0 aliphatic carbocycles. The Bertz CT molecular complexity index is 819. The summed E-state index contributed by atoms with van der Waals surface area (Å²) in [5.74, 6) is 1.41. The molecule has 3 N–H and O–H groups in total. The number of methoxy groups -OCH3 is 2. The quantitative estimate of drug-likeness (QED) is 0.695. The molecule has 0 spiro atoms. The second kappa shape index (κ2) is 8.70. The van der Waals surface area contributed by atoms with Gasteiger partial charge in [0, 0.05) is 73.8 Å². The molecule has 152 valence electrons. The van der Waals surface area contributed by atoms with Gasteiger partial charge in [-0.15, -0.1) is 12.4 Å². The van der Waals surface area contributed by atoms with E-state index in [2.05, 4.69) is 25.7 Å². The Balaban J connectivity index is 0.00000225. The van der Waals surface area contributed by atoms with Gasteiger partial charge in [-0.1, -0.05) is 0 Å². The fourth-order valence-electron chi connectivity index (χ4n) is 3.75. The van der Waals surface area contributed by atoms with E-state index in [1.807, 2.05) is 18.2 Å². The molecule has 0 saturated carbocycles. The molecule has 1 unspecified atom stereocenters. The minimum atomic E-state index is -0.105. The van der Waals surface area contributed by atoms with Crippen molar-refractivity contribution in [2.75, 3.05) is 38.8 Å². The van der Waals surface area contributed by atoms with Crippen LogP contribution in [0.1, 0.15) is 28.2 Å². The maximum absolute atomic E-state index is 12.7. The third-order valence-corrected chi connectivity index (χ3v) is 5.25. The van der Waals surface area contributed by atoms with Crippen LogP contribution >= 0.6 is 12.4 Å². The molecule has 9 heteroatoms. The summed E-state index contributed by atoms with van der Waals surface area (Å²) in [5, 5.41) is 13.7. The second-order valence-corrected chi connectivity index (χ2v) is 6.93. The highest BCUT2D eigenvalue weighted by atomic mass is 35.5. The van der Waals surface area contributed by atoms with Gasteiger partial charge in [-0.3, -0.25) is 9.89 Å². The average Bonchev–Trinajstić information content (AvgIpc) is 3.34. The van der Waals surface area contributed by atoms with Gasteiger partial charge in [0.2, 0.25) is 0 Å². The molecule has 3 heterocycles. The number of carbonyl (C=O) groups excluding carboxylic acids is 1. The Kier molecular flexibility index (Phi) is 6.31. The third-order valence-electron chi connectivity index (χ3n) is 5.25. The van der Waals surface area contributed by atoms with Crippen molar-refractivity contribution in [2.45, 2.75) is 25.4 Å². The topological polar surface area (TPSA) is 91.5 Å². The second-order valence-electron chi connectivity index (χ2n) is 6.93. The minimum absolute atomic E-state index is 0. The predicted octanol–water partition coefficient (Wildman–Crippen LogP) is 1.50. The molecule has 28 heavy (non-hydrogen) atoms. The van der Waals surface area contributed by atoms with Crippen molar-refractivity contribution >= 4 is 24.0 Å². The first kappa shape index (κ1) is 20.3. The zero-order valence-corrected chi connectivity index (χ0v) is 16.9. The lowest BCUT2D eigenvalue weighted by atomic mass is 10.1. The molecular formula is C19H26ClN5O3. The largest absolute Gasteiger partial charge is 0.497 e. The van der Waals surface area contributed by atoms with Gasteiger partial charge in [-0.2, -0.15) is 5.10 Å². The lowest BCUT2D eigenvalue weighted by molar-refractivity contribution is 0.0934. The monoisotopic (exact) mass is 407 g/mol. The molecule has 1 aromatic heterocycles. The molecule has 2 aliphatic heterocycles. The molecule has 4 rings (SSSR count). The van der Waals surface area contributed by atoms with Gasteiger partial charge in [0.25, 0.3) is 5.91 Å². The van der Waals surface area contributed by atoms with E-state index >= 15 is 0 Å². The summed E-state index contributed by atoms with van der Waals surface area (Å²) in [5.41, 5.74) is 3.60. The molecular weight excluding hydrogens is 382 g/mol. The molecule has 1 atom stereocenters. The molecule has 0 radical (unpaired) electrons. The lowest BCUT2D eigenvalue weighted by Crippen LogP contribution is -2.38. The molecule has 1 amide bonds. The third kappa shape index (κ3) is 4.02. The van der Waals surface area contributed by atoms with Crippen LogP contribution in [0.15, 0.2) is 18.2 Å². The van der Waals surface area contributed by atoms with E-state index in [-0.39, 0.29) is 24.4 Å². The van der Waals surface area contributed by atoms with E-state index < -0.39 is 0 Å². The zero-order valence-electron chi connectivity index (χ0n) is 16.1. The number of hydrogen-bond acceptors (Lipinski definition) is 6. The summed E-state index contributed by atoms with van der Waals surface area (Å²) in [6.45, 7) is 3.21. The van der Waals surface area contributed by atoms with E-state index in [4.69, 9.17) is 9.47 Å². The predicted molar refractivity (Wildman–Crippen MR) is 109 cm³/mol. The van der Waals surface area contributed by atoms with Crippen molar-refractivity contribution in [1.29, 1.82) is 0 Å². The van der Waals surface area contributed by atoms with Crippen LogP contribution in [0, 0.1) is 0 Å². The highest BCUT2D eigenvalue weighted by Gasteiger charge is 2.28. The van der Waals surface area contributed by atoms with Crippen LogP contribution in [0.3, 0.4) is 0 Å². The maximum atomic E-state index is 12.7. The number of nitrogens with one attached hydrogen (secondary N) is 3. The van der Waals surface area contributed by atoms with Crippen molar-refractivity contribution < 1.29 is 14.3 Å². The highest BCUT2D eigenvalue weighted by Crippen LogP contribution is 2.30. The van der Waals surface area contributed by atoms with Crippen molar-refractivity contribution in [3.05, 3.63) is 35.2 Å². The van der Waals surface area contributed by atoms with Crippen molar-refractivity contribution in [3.63, 3.8) is 0 Å². The molecule has 0 bridgehead atoms. The summed E-state index contributed by atoms with van der Waals surface area (Å²) in [4.78, 5) is 14.9. The van der Waals surface area contributed by atoms with E-state index in [0.29, 0.717) is 12.2 Å². The molecule has 2 aromatic rings. The van der Waals surface area contributed by atoms with E-state index in [9.17, 15) is 4.79 Å². The smallest absolute Gasteiger partial charge is 0.272 e. The summed E-state index contributed by atoms with van der Waals surface area (Å²) >= 11 is 0. The summed E-state index contributed by atoms with van der Waals surface area (Å²) < 4.78 is 10.7. The van der Waals surface area contributed by atoms with Crippen LogP contribution in [-0.4, -0.2) is 56.0 Å². The van der Waals surface area contributed by atoms with Crippen LogP contribution in [0.2, 0.25) is 0 Å². The van der Waals surface area contributed by atoms with Crippen molar-refractivity contribution in [3.8, 4) is 11.5 Å². The number of halogens is 1. The number of aromatic amines is 1. The van der Waals surface area contributed by atoms with Crippen molar-refractivity contribution in [2.24, 2.45) is 0 Å². The van der Waals surface area contributed by atoms with Gasteiger partial charge >= 0.3 is 0 Å². The number of hydrogen-bond donors (Lipinski definition) is 3. The van der Waals surface area contributed by atoms with E-state index in [0.717, 1.165) is 60.9 Å². The Morgan fingerprint density at radius 2 is 2.00 bits per heavy atom. The van der Waals surface area contributed by atoms with Gasteiger partial charge < -0.3 is 25.0 Å². The molecule has 2 aliphatic rings. The number of rotatable bonds is 5. The van der Waals surface area contributed by atoms with Crippen LogP contribution in [0.5, 0.6) is 11.5 Å². The van der Waals surface area contributed by atoms with Gasteiger partial charge in [0.05, 0.1) is 14.2 Å². The van der Waals surface area contributed by atoms with Gasteiger partial charge in [-0.05, 0) is 6.42 Å². The van der Waals surface area contributed by atoms with Crippen LogP contribution in [0.25, 0.3) is 0 Å². The number of carbonyl (C=O) groups is 1. The number of benzene rings is 1. The first-order valence-electron chi connectivity index (χ1n) is 9.23. The molecule has 1 saturated heterocycles. The van der Waals surface area contributed by atoms with Crippen LogP contribution in [-0.2, 0) is 13.0 Å². The Labute approximate surface area is 170 Å². The highest BCUT2D eigenvalue weighted by molar-refractivity contribution is 5.94. The molecule has 1 aromatic carbocycles. The fraction of sp³-hybridized carbons (Fsp3) is 0.474. The van der Waals surface area contributed by atoms with Crippen LogP contribution < -0.4 is 25.0 Å². The number of fused-ring (bicyclic) bond motifs is 1. The summed E-state index contributed by atoms with van der Waals surface area (Å²) in [6.07, 6.45) is 1.76.